The summed E-state index contributed by atoms with van der Waals surface area (Å²) in [5, 5.41) is 8.74. The number of nitrogens with one attached hydrogen (secondary N) is 2. The Labute approximate surface area is 75.9 Å². The van der Waals surface area contributed by atoms with Gasteiger partial charge in [0.1, 0.15) is 0 Å². The van der Waals surface area contributed by atoms with Crippen LogP contribution in [0.1, 0.15) is 12.6 Å². The molecular formula is C7H13N4O2+. The van der Waals surface area contributed by atoms with Crippen molar-refractivity contribution in [3.05, 3.63) is 5.69 Å². The minimum atomic E-state index is -0.289. The van der Waals surface area contributed by atoms with Crippen LogP contribution in [0.25, 0.3) is 0 Å². The number of hydrogen-bond acceptors (Lipinski definition) is 3. The molecule has 6 nitrogen and oxygen atoms in total. The van der Waals surface area contributed by atoms with Crippen molar-refractivity contribution < 1.29 is 14.0 Å². The fraction of sp³-hybridized carbons (Fsp3) is 0.571. The van der Waals surface area contributed by atoms with Gasteiger partial charge >= 0.3 is 11.9 Å². The molecule has 6 heteroatoms. The van der Waals surface area contributed by atoms with Gasteiger partial charge in [-0.1, -0.05) is 4.68 Å². The van der Waals surface area contributed by atoms with Gasteiger partial charge in [0.2, 0.25) is 5.27 Å². The first kappa shape index (κ1) is 9.50. The number of rotatable bonds is 2. The molecule has 0 aliphatic carbocycles. The van der Waals surface area contributed by atoms with Gasteiger partial charge in [0, 0.05) is 13.5 Å². The molecular weight excluding hydrogens is 172 g/mol. The standard InChI is InChI=1S/C7H12N4O2/c1-4-8-7(12)9-6-5(2)11(3)10-13-6/h4H2,1-3H3,(H-,8,9,10,12)/p+1. The minimum Gasteiger partial charge on any atom is -0.338 e. The van der Waals surface area contributed by atoms with Crippen molar-refractivity contribution in [1.29, 1.82) is 0 Å². The minimum absolute atomic E-state index is 0.289. The number of aromatic nitrogens is 2. The van der Waals surface area contributed by atoms with E-state index in [9.17, 15) is 4.79 Å². The topological polar surface area (TPSA) is 71.0 Å². The number of hydrogen-bond donors (Lipinski definition) is 2. The fourth-order valence-electron chi connectivity index (χ4n) is 0.797. The number of carbonyl (C=O) groups excluding carboxylic acids is 1. The van der Waals surface area contributed by atoms with Gasteiger partial charge in [-0.25, -0.2) is 4.79 Å². The zero-order valence-corrected chi connectivity index (χ0v) is 7.92. The summed E-state index contributed by atoms with van der Waals surface area (Å²) in [5.74, 6) is 0.369. The zero-order chi connectivity index (χ0) is 9.84. The zero-order valence-electron chi connectivity index (χ0n) is 7.92. The van der Waals surface area contributed by atoms with Crippen LogP contribution in [0.5, 0.6) is 0 Å². The molecule has 0 aliphatic rings. The van der Waals surface area contributed by atoms with Crippen LogP contribution in [0.15, 0.2) is 4.52 Å². The summed E-state index contributed by atoms with van der Waals surface area (Å²) in [6.07, 6.45) is 0. The summed E-state index contributed by atoms with van der Waals surface area (Å²) in [4.78, 5) is 11.1. The Morgan fingerprint density at radius 1 is 1.69 bits per heavy atom. The van der Waals surface area contributed by atoms with Crippen molar-refractivity contribution in [3.63, 3.8) is 0 Å². The Hall–Kier alpha value is -1.59. The van der Waals surface area contributed by atoms with E-state index in [1.54, 1.807) is 18.7 Å². The second-order valence-electron chi connectivity index (χ2n) is 2.60. The van der Waals surface area contributed by atoms with Crippen molar-refractivity contribution in [3.8, 4) is 0 Å². The SMILES string of the molecule is CCNC(=O)Nc1on[n+](C)c1C. The number of carbonyl (C=O) groups is 1. The second-order valence-corrected chi connectivity index (χ2v) is 2.60. The molecule has 2 N–H and O–H groups in total. The van der Waals surface area contributed by atoms with Crippen LogP contribution in [-0.4, -0.2) is 17.8 Å². The average Bonchev–Trinajstić information content (AvgIpc) is 2.37. The summed E-state index contributed by atoms with van der Waals surface area (Å²) < 4.78 is 6.40. The third-order valence-corrected chi connectivity index (χ3v) is 1.63. The molecule has 0 aliphatic heterocycles. The number of urea groups is 1. The normalized spacial score (nSPS) is 9.77. The van der Waals surface area contributed by atoms with E-state index < -0.39 is 0 Å². The Balaban J connectivity index is 2.64. The first-order valence-corrected chi connectivity index (χ1v) is 4.02. The number of aryl methyl sites for hydroxylation is 1. The van der Waals surface area contributed by atoms with E-state index in [0.29, 0.717) is 12.4 Å². The van der Waals surface area contributed by atoms with Crippen molar-refractivity contribution in [1.82, 2.24) is 10.6 Å². The second kappa shape index (κ2) is 3.88. The number of amides is 2. The van der Waals surface area contributed by atoms with Crippen molar-refractivity contribution in [2.75, 3.05) is 11.9 Å². The molecule has 72 valence electrons. The Bertz CT molecular complexity index is 307. The molecule has 0 saturated carbocycles. The lowest BCUT2D eigenvalue weighted by atomic mass is 10.5. The van der Waals surface area contributed by atoms with E-state index >= 15 is 0 Å². The van der Waals surface area contributed by atoms with Gasteiger partial charge in [-0.05, 0) is 6.92 Å². The molecule has 2 amide bonds. The summed E-state index contributed by atoms with van der Waals surface area (Å²) in [6, 6.07) is -0.289. The van der Waals surface area contributed by atoms with E-state index in [-0.39, 0.29) is 6.03 Å². The summed E-state index contributed by atoms with van der Waals surface area (Å²) in [5.41, 5.74) is 0.770. The van der Waals surface area contributed by atoms with E-state index in [4.69, 9.17) is 4.52 Å². The maximum Gasteiger partial charge on any atom is 0.321 e. The van der Waals surface area contributed by atoms with Crippen LogP contribution in [0.4, 0.5) is 10.7 Å². The van der Waals surface area contributed by atoms with Gasteiger partial charge in [-0.15, -0.1) is 0 Å². The largest absolute Gasteiger partial charge is 0.338 e. The van der Waals surface area contributed by atoms with Crippen molar-refractivity contribution >= 4 is 11.9 Å². The smallest absolute Gasteiger partial charge is 0.321 e. The molecule has 1 aromatic heterocycles. The van der Waals surface area contributed by atoms with Crippen molar-refractivity contribution in [2.24, 2.45) is 7.05 Å². The molecule has 1 aromatic rings. The van der Waals surface area contributed by atoms with Crippen LogP contribution in [-0.2, 0) is 7.05 Å². The molecule has 13 heavy (non-hydrogen) atoms. The highest BCUT2D eigenvalue weighted by Gasteiger charge is 2.17. The van der Waals surface area contributed by atoms with Crippen LogP contribution in [0.2, 0.25) is 0 Å². The molecule has 1 heterocycles. The molecule has 0 saturated heterocycles. The predicted molar refractivity (Wildman–Crippen MR) is 45.1 cm³/mol. The van der Waals surface area contributed by atoms with Crippen LogP contribution >= 0.6 is 0 Å². The van der Waals surface area contributed by atoms with Gasteiger partial charge in [0.25, 0.3) is 5.69 Å². The predicted octanol–water partition coefficient (Wildman–Crippen LogP) is -0.0511. The summed E-state index contributed by atoms with van der Waals surface area (Å²) in [6.45, 7) is 4.22. The van der Waals surface area contributed by atoms with Gasteiger partial charge in [0.15, 0.2) is 7.05 Å². The van der Waals surface area contributed by atoms with E-state index in [0.717, 1.165) is 5.69 Å². The highest BCUT2D eigenvalue weighted by molar-refractivity contribution is 5.87. The molecule has 0 unspecified atom stereocenters. The van der Waals surface area contributed by atoms with Gasteiger partial charge in [-0.3, -0.25) is 9.84 Å². The van der Waals surface area contributed by atoms with Crippen LogP contribution < -0.4 is 15.3 Å². The molecule has 0 spiro atoms. The molecule has 0 radical (unpaired) electrons. The highest BCUT2D eigenvalue weighted by Crippen LogP contribution is 2.06. The molecule has 0 atom stereocenters. The van der Waals surface area contributed by atoms with Gasteiger partial charge in [0.05, 0.1) is 0 Å². The third kappa shape index (κ3) is 2.17. The van der Waals surface area contributed by atoms with Gasteiger partial charge in [-0.2, -0.15) is 0 Å². The fourth-order valence-corrected chi connectivity index (χ4v) is 0.797. The third-order valence-electron chi connectivity index (χ3n) is 1.63. The maximum atomic E-state index is 11.1. The molecule has 0 fully saturated rings. The summed E-state index contributed by atoms with van der Waals surface area (Å²) in [7, 11) is 1.74. The maximum absolute atomic E-state index is 11.1. The lowest BCUT2D eigenvalue weighted by molar-refractivity contribution is -0.744. The highest BCUT2D eigenvalue weighted by atomic mass is 16.5. The monoisotopic (exact) mass is 185 g/mol. The molecule has 1 rings (SSSR count). The molecule has 0 bridgehead atoms. The Kier molecular flexibility index (Phi) is 2.84. The van der Waals surface area contributed by atoms with Crippen LogP contribution in [0, 0.1) is 6.92 Å². The Morgan fingerprint density at radius 3 is 2.85 bits per heavy atom. The Morgan fingerprint density at radius 2 is 2.38 bits per heavy atom. The first-order chi connectivity index (χ1) is 6.15. The van der Waals surface area contributed by atoms with E-state index in [1.807, 2.05) is 6.92 Å². The van der Waals surface area contributed by atoms with E-state index in [1.165, 1.54) is 0 Å². The van der Waals surface area contributed by atoms with Gasteiger partial charge < -0.3 is 5.32 Å². The number of anilines is 1. The summed E-state index contributed by atoms with van der Waals surface area (Å²) >= 11 is 0. The van der Waals surface area contributed by atoms with E-state index in [2.05, 4.69) is 15.9 Å². The number of nitrogens with zero attached hydrogens (tertiary/aromatic N) is 2. The lowest BCUT2D eigenvalue weighted by Crippen LogP contribution is -2.33. The van der Waals surface area contributed by atoms with Crippen molar-refractivity contribution in [2.45, 2.75) is 13.8 Å². The average molecular weight is 185 g/mol. The molecule has 0 aromatic carbocycles. The first-order valence-electron chi connectivity index (χ1n) is 4.02. The quantitative estimate of drug-likeness (QED) is 0.634. The lowest BCUT2D eigenvalue weighted by Gasteiger charge is -1.99. The van der Waals surface area contributed by atoms with Crippen LogP contribution in [0.3, 0.4) is 0 Å².